The topological polar surface area (TPSA) is 18.5 Å². The van der Waals surface area contributed by atoms with Gasteiger partial charge in [-0.2, -0.15) is 0 Å². The summed E-state index contributed by atoms with van der Waals surface area (Å²) in [4.78, 5) is 0. The van der Waals surface area contributed by atoms with Gasteiger partial charge in [-0.05, 0) is 18.2 Å². The molecule has 3 rings (SSSR count). The maximum atomic E-state index is 6.25. The largest absolute Gasteiger partial charge is 0.342 e. The summed E-state index contributed by atoms with van der Waals surface area (Å²) < 4.78 is 13.2. The average Bonchev–Trinajstić information content (AvgIpc) is 2.94. The maximum absolute atomic E-state index is 6.25. The van der Waals surface area contributed by atoms with Gasteiger partial charge in [-0.25, -0.2) is 0 Å². The number of hydrogen-bond acceptors (Lipinski definition) is 2. The Kier molecular flexibility index (Phi) is 4.71. The van der Waals surface area contributed by atoms with Crippen molar-refractivity contribution >= 4 is 43.5 Å². The van der Waals surface area contributed by atoms with E-state index < -0.39 is 5.79 Å². The lowest BCUT2D eigenvalue weighted by molar-refractivity contribution is -0.157. The molecule has 21 heavy (non-hydrogen) atoms. The van der Waals surface area contributed by atoms with E-state index in [4.69, 9.17) is 21.1 Å². The van der Waals surface area contributed by atoms with Crippen molar-refractivity contribution in [3.8, 4) is 0 Å². The van der Waals surface area contributed by atoms with Gasteiger partial charge >= 0.3 is 0 Å². The minimum atomic E-state index is -0.773. The Morgan fingerprint density at radius 1 is 1.14 bits per heavy atom. The highest BCUT2D eigenvalue weighted by atomic mass is 79.9. The maximum Gasteiger partial charge on any atom is 0.205 e. The Bertz CT molecular complexity index is 632. The standard InChI is InChI=1S/C16H13Br2ClO2/c17-10-16(11-5-7-12(18)8-6-11)20-9-15(21-16)13-3-1-2-4-14(13)19/h1-8,15H,9-10H2/t15-,16-/m0/s1. The van der Waals surface area contributed by atoms with Gasteiger partial charge in [0, 0.05) is 20.6 Å². The molecule has 2 aromatic carbocycles. The second-order valence-corrected chi connectivity index (χ2v) is 6.72. The Balaban J connectivity index is 1.90. The summed E-state index contributed by atoms with van der Waals surface area (Å²) >= 11 is 13.2. The van der Waals surface area contributed by atoms with Gasteiger partial charge in [0.15, 0.2) is 0 Å². The molecule has 0 aromatic heterocycles. The number of alkyl halides is 1. The van der Waals surface area contributed by atoms with E-state index in [1.54, 1.807) is 0 Å². The smallest absolute Gasteiger partial charge is 0.205 e. The van der Waals surface area contributed by atoms with E-state index in [-0.39, 0.29) is 6.10 Å². The van der Waals surface area contributed by atoms with Gasteiger partial charge in [-0.3, -0.25) is 0 Å². The summed E-state index contributed by atoms with van der Waals surface area (Å²) in [7, 11) is 0. The van der Waals surface area contributed by atoms with E-state index in [2.05, 4.69) is 31.9 Å². The molecule has 0 bridgehead atoms. The van der Waals surface area contributed by atoms with Crippen LogP contribution in [0.2, 0.25) is 5.02 Å². The van der Waals surface area contributed by atoms with Gasteiger partial charge in [-0.1, -0.05) is 73.8 Å². The fourth-order valence-corrected chi connectivity index (χ4v) is 3.54. The van der Waals surface area contributed by atoms with Gasteiger partial charge in [0.2, 0.25) is 5.79 Å². The van der Waals surface area contributed by atoms with Crippen LogP contribution in [0.5, 0.6) is 0 Å². The summed E-state index contributed by atoms with van der Waals surface area (Å²) in [6, 6.07) is 15.7. The third-order valence-electron chi connectivity index (χ3n) is 3.51. The molecule has 0 unspecified atom stereocenters. The first-order valence-electron chi connectivity index (χ1n) is 6.53. The molecule has 1 heterocycles. The van der Waals surface area contributed by atoms with Crippen molar-refractivity contribution < 1.29 is 9.47 Å². The van der Waals surface area contributed by atoms with E-state index >= 15 is 0 Å². The predicted molar refractivity (Wildman–Crippen MR) is 90.8 cm³/mol. The summed E-state index contributed by atoms with van der Waals surface area (Å²) in [6.45, 7) is 0.478. The lowest BCUT2D eigenvalue weighted by atomic mass is 10.1. The first kappa shape index (κ1) is 15.5. The second-order valence-electron chi connectivity index (χ2n) is 4.83. The first-order chi connectivity index (χ1) is 10.1. The zero-order valence-corrected chi connectivity index (χ0v) is 15.0. The highest BCUT2D eigenvalue weighted by Crippen LogP contribution is 2.43. The van der Waals surface area contributed by atoms with E-state index in [0.29, 0.717) is 17.0 Å². The number of halogens is 3. The molecule has 5 heteroatoms. The second kappa shape index (κ2) is 6.39. The van der Waals surface area contributed by atoms with Gasteiger partial charge in [0.05, 0.1) is 11.9 Å². The van der Waals surface area contributed by atoms with Gasteiger partial charge in [-0.15, -0.1) is 0 Å². The van der Waals surface area contributed by atoms with Crippen molar-refractivity contribution in [3.05, 3.63) is 69.2 Å². The summed E-state index contributed by atoms with van der Waals surface area (Å²) in [5, 5.41) is 1.26. The molecule has 110 valence electrons. The number of benzene rings is 2. The van der Waals surface area contributed by atoms with Crippen molar-refractivity contribution in [1.82, 2.24) is 0 Å². The normalized spacial score (nSPS) is 25.2. The third-order valence-corrected chi connectivity index (χ3v) is 5.12. The molecular weight excluding hydrogens is 419 g/mol. The fourth-order valence-electron chi connectivity index (χ4n) is 2.40. The number of rotatable bonds is 3. The molecule has 0 amide bonds. The lowest BCUT2D eigenvalue weighted by Crippen LogP contribution is -2.29. The lowest BCUT2D eigenvalue weighted by Gasteiger charge is -2.26. The van der Waals surface area contributed by atoms with E-state index in [0.717, 1.165) is 15.6 Å². The van der Waals surface area contributed by atoms with Crippen LogP contribution >= 0.6 is 43.5 Å². The Labute approximate surface area is 145 Å². The molecule has 1 aliphatic rings. The van der Waals surface area contributed by atoms with Crippen molar-refractivity contribution in [3.63, 3.8) is 0 Å². The van der Waals surface area contributed by atoms with Gasteiger partial charge in [0.25, 0.3) is 0 Å². The van der Waals surface area contributed by atoms with Crippen molar-refractivity contribution in [1.29, 1.82) is 0 Å². The molecule has 0 aliphatic carbocycles. The zero-order chi connectivity index (χ0) is 14.9. The molecule has 0 N–H and O–H groups in total. The van der Waals surface area contributed by atoms with Crippen LogP contribution in [0.1, 0.15) is 17.2 Å². The fraction of sp³-hybridized carbons (Fsp3) is 0.250. The van der Waals surface area contributed by atoms with Crippen LogP contribution in [0.4, 0.5) is 0 Å². The van der Waals surface area contributed by atoms with Crippen LogP contribution in [-0.4, -0.2) is 11.9 Å². The SMILES string of the molecule is Clc1ccccc1[C@@H]1CO[C@](CBr)(c2ccc(Br)cc2)O1. The monoisotopic (exact) mass is 430 g/mol. The van der Waals surface area contributed by atoms with Crippen LogP contribution in [-0.2, 0) is 15.3 Å². The molecule has 0 saturated carbocycles. The van der Waals surface area contributed by atoms with E-state index in [9.17, 15) is 0 Å². The summed E-state index contributed by atoms with van der Waals surface area (Å²) in [5.74, 6) is -0.773. The van der Waals surface area contributed by atoms with Crippen LogP contribution < -0.4 is 0 Å². The van der Waals surface area contributed by atoms with Crippen molar-refractivity contribution in [2.45, 2.75) is 11.9 Å². The Hall–Kier alpha value is -0.390. The molecule has 0 spiro atoms. The quantitative estimate of drug-likeness (QED) is 0.602. The highest BCUT2D eigenvalue weighted by molar-refractivity contribution is 9.10. The third kappa shape index (κ3) is 3.06. The summed E-state index contributed by atoms with van der Waals surface area (Å²) in [6.07, 6.45) is -0.167. The van der Waals surface area contributed by atoms with Crippen LogP contribution in [0.3, 0.4) is 0 Å². The molecule has 1 fully saturated rings. The molecule has 2 aromatic rings. The summed E-state index contributed by atoms with van der Waals surface area (Å²) in [5.41, 5.74) is 1.94. The van der Waals surface area contributed by atoms with Crippen LogP contribution in [0.25, 0.3) is 0 Å². The first-order valence-corrected chi connectivity index (χ1v) is 8.82. The van der Waals surface area contributed by atoms with Gasteiger partial charge < -0.3 is 9.47 Å². The zero-order valence-electron chi connectivity index (χ0n) is 11.1. The highest BCUT2D eigenvalue weighted by Gasteiger charge is 2.43. The Morgan fingerprint density at radius 2 is 1.86 bits per heavy atom. The molecule has 2 atom stereocenters. The molecule has 2 nitrogen and oxygen atoms in total. The number of hydrogen-bond donors (Lipinski definition) is 0. The minimum absolute atomic E-state index is 0.167. The molecule has 1 aliphatic heterocycles. The van der Waals surface area contributed by atoms with Crippen LogP contribution in [0, 0.1) is 0 Å². The molecule has 1 saturated heterocycles. The molecule has 0 radical (unpaired) electrons. The minimum Gasteiger partial charge on any atom is -0.342 e. The number of ether oxygens (including phenoxy) is 2. The van der Waals surface area contributed by atoms with Gasteiger partial charge in [0.1, 0.15) is 6.10 Å². The van der Waals surface area contributed by atoms with Crippen molar-refractivity contribution in [2.24, 2.45) is 0 Å². The van der Waals surface area contributed by atoms with E-state index in [1.807, 2.05) is 48.5 Å². The van der Waals surface area contributed by atoms with Crippen LogP contribution in [0.15, 0.2) is 53.0 Å². The predicted octanol–water partition coefficient (Wildman–Crippen LogP) is 5.44. The van der Waals surface area contributed by atoms with Crippen molar-refractivity contribution in [2.75, 3.05) is 11.9 Å². The molecular formula is C16H13Br2ClO2. The average molecular weight is 433 g/mol. The van der Waals surface area contributed by atoms with E-state index in [1.165, 1.54) is 0 Å². The Morgan fingerprint density at radius 3 is 2.52 bits per heavy atom.